The average molecular weight is 398 g/mol. The molecule has 4 nitrogen and oxygen atoms in total. The zero-order valence-electron chi connectivity index (χ0n) is 16.8. The first-order valence-corrected chi connectivity index (χ1v) is 11.5. The zero-order valence-corrected chi connectivity index (χ0v) is 17.6. The summed E-state index contributed by atoms with van der Waals surface area (Å²) in [6, 6.07) is 8.75. The molecular formula is C23H31N3OS. The molecule has 150 valence electrons. The van der Waals surface area contributed by atoms with E-state index in [0.29, 0.717) is 10.6 Å². The molecule has 0 amide bonds. The predicted octanol–water partition coefficient (Wildman–Crippen LogP) is 4.18. The van der Waals surface area contributed by atoms with Gasteiger partial charge in [-0.3, -0.25) is 14.6 Å². The summed E-state index contributed by atoms with van der Waals surface area (Å²) in [7, 11) is 0. The molecule has 2 N–H and O–H groups in total. The fraction of sp³-hybridized carbons (Fsp3) is 0.522. The van der Waals surface area contributed by atoms with Gasteiger partial charge in [0.2, 0.25) is 0 Å². The number of carbonyl (C=O) groups excluding carboxylic acids is 1. The Bertz CT molecular complexity index is 800. The zero-order chi connectivity index (χ0) is 19.5. The number of hydrogen-bond donors (Lipinski definition) is 1. The normalized spacial score (nSPS) is 19.3. The van der Waals surface area contributed by atoms with Gasteiger partial charge in [0.25, 0.3) is 0 Å². The van der Waals surface area contributed by atoms with Gasteiger partial charge in [0.15, 0.2) is 5.78 Å². The second kappa shape index (κ2) is 8.76. The maximum absolute atomic E-state index is 13.1. The lowest BCUT2D eigenvalue weighted by molar-refractivity contribution is 0.0930. The number of thiophene rings is 1. The number of nitrogens with zero attached hydrogens (tertiary/aromatic N) is 2. The van der Waals surface area contributed by atoms with E-state index in [-0.39, 0.29) is 5.78 Å². The number of anilines is 1. The average Bonchev–Trinajstić information content (AvgIpc) is 3.39. The SMILES string of the molecule is CCc1ccc(C(=O)c2c(CN3CCN(C4CCCC4)CC3)csc2N)cc1. The number of hydrogen-bond acceptors (Lipinski definition) is 5. The monoisotopic (exact) mass is 397 g/mol. The van der Waals surface area contributed by atoms with Crippen molar-refractivity contribution in [3.8, 4) is 0 Å². The van der Waals surface area contributed by atoms with Gasteiger partial charge in [-0.15, -0.1) is 11.3 Å². The van der Waals surface area contributed by atoms with Crippen molar-refractivity contribution in [1.29, 1.82) is 0 Å². The molecule has 0 radical (unpaired) electrons. The molecule has 1 aliphatic heterocycles. The fourth-order valence-electron chi connectivity index (χ4n) is 4.62. The fourth-order valence-corrected chi connectivity index (χ4v) is 5.42. The maximum atomic E-state index is 13.1. The molecule has 2 fully saturated rings. The maximum Gasteiger partial charge on any atom is 0.196 e. The highest BCUT2D eigenvalue weighted by atomic mass is 32.1. The van der Waals surface area contributed by atoms with E-state index in [1.807, 2.05) is 24.3 Å². The summed E-state index contributed by atoms with van der Waals surface area (Å²) in [6.07, 6.45) is 6.51. The van der Waals surface area contributed by atoms with Gasteiger partial charge in [-0.25, -0.2) is 0 Å². The van der Waals surface area contributed by atoms with Gasteiger partial charge >= 0.3 is 0 Å². The summed E-state index contributed by atoms with van der Waals surface area (Å²) in [5.41, 5.74) is 9.99. The number of carbonyl (C=O) groups is 1. The first kappa shape index (κ1) is 19.6. The Hall–Kier alpha value is -1.69. The van der Waals surface area contributed by atoms with Crippen LogP contribution in [0.4, 0.5) is 5.00 Å². The Labute approximate surface area is 172 Å². The van der Waals surface area contributed by atoms with Crippen molar-refractivity contribution in [2.75, 3.05) is 31.9 Å². The quantitative estimate of drug-likeness (QED) is 0.743. The highest BCUT2D eigenvalue weighted by Gasteiger charge is 2.27. The Morgan fingerprint density at radius 3 is 2.43 bits per heavy atom. The van der Waals surface area contributed by atoms with Gasteiger partial charge in [0.05, 0.1) is 10.6 Å². The lowest BCUT2D eigenvalue weighted by atomic mass is 9.99. The highest BCUT2D eigenvalue weighted by Crippen LogP contribution is 2.30. The van der Waals surface area contributed by atoms with E-state index < -0.39 is 0 Å². The Morgan fingerprint density at radius 1 is 1.11 bits per heavy atom. The Morgan fingerprint density at radius 2 is 1.79 bits per heavy atom. The molecule has 2 aromatic rings. The van der Waals surface area contributed by atoms with Crippen molar-refractivity contribution in [3.05, 3.63) is 51.9 Å². The van der Waals surface area contributed by atoms with Crippen LogP contribution in [-0.4, -0.2) is 47.8 Å². The van der Waals surface area contributed by atoms with Crippen LogP contribution in [0.1, 0.15) is 59.7 Å². The largest absolute Gasteiger partial charge is 0.390 e. The summed E-state index contributed by atoms with van der Waals surface area (Å²) in [5, 5.41) is 2.72. The van der Waals surface area contributed by atoms with Crippen LogP contribution in [0.15, 0.2) is 29.6 Å². The number of benzene rings is 1. The van der Waals surface area contributed by atoms with Crippen LogP contribution in [0.25, 0.3) is 0 Å². The van der Waals surface area contributed by atoms with Crippen LogP contribution in [-0.2, 0) is 13.0 Å². The second-order valence-corrected chi connectivity index (χ2v) is 9.04. The smallest absolute Gasteiger partial charge is 0.196 e. The van der Waals surface area contributed by atoms with E-state index in [0.717, 1.165) is 56.3 Å². The van der Waals surface area contributed by atoms with E-state index in [2.05, 4.69) is 22.1 Å². The van der Waals surface area contributed by atoms with Gasteiger partial charge < -0.3 is 5.73 Å². The third-order valence-electron chi connectivity index (χ3n) is 6.39. The van der Waals surface area contributed by atoms with E-state index in [1.54, 1.807) is 0 Å². The lowest BCUT2D eigenvalue weighted by Gasteiger charge is -2.38. The van der Waals surface area contributed by atoms with Crippen LogP contribution in [0.2, 0.25) is 0 Å². The van der Waals surface area contributed by atoms with Crippen molar-refractivity contribution in [2.45, 2.75) is 51.6 Å². The van der Waals surface area contributed by atoms with Gasteiger partial charge in [0, 0.05) is 44.3 Å². The molecule has 0 unspecified atom stereocenters. The summed E-state index contributed by atoms with van der Waals surface area (Å²) >= 11 is 1.49. The van der Waals surface area contributed by atoms with Gasteiger partial charge in [-0.2, -0.15) is 0 Å². The van der Waals surface area contributed by atoms with Gasteiger partial charge in [-0.05, 0) is 35.8 Å². The van der Waals surface area contributed by atoms with Crippen LogP contribution < -0.4 is 5.73 Å². The number of nitrogens with two attached hydrogens (primary N) is 1. The number of rotatable bonds is 6. The molecular weight excluding hydrogens is 366 g/mol. The number of ketones is 1. The van der Waals surface area contributed by atoms with Crippen LogP contribution in [0, 0.1) is 0 Å². The minimum absolute atomic E-state index is 0.0565. The van der Waals surface area contributed by atoms with E-state index in [9.17, 15) is 4.79 Å². The third kappa shape index (κ3) is 4.17. The number of nitrogen functional groups attached to an aromatic ring is 1. The summed E-state index contributed by atoms with van der Waals surface area (Å²) in [4.78, 5) is 18.3. The van der Waals surface area contributed by atoms with Gasteiger partial charge in [0.1, 0.15) is 0 Å². The van der Waals surface area contributed by atoms with Crippen molar-refractivity contribution >= 4 is 22.1 Å². The van der Waals surface area contributed by atoms with Gasteiger partial charge in [-0.1, -0.05) is 44.0 Å². The van der Waals surface area contributed by atoms with E-state index in [1.165, 1.54) is 42.6 Å². The lowest BCUT2D eigenvalue weighted by Crippen LogP contribution is -2.49. The molecule has 4 rings (SSSR count). The summed E-state index contributed by atoms with van der Waals surface area (Å²) < 4.78 is 0. The topological polar surface area (TPSA) is 49.6 Å². The second-order valence-electron chi connectivity index (χ2n) is 8.13. The predicted molar refractivity (Wildman–Crippen MR) is 117 cm³/mol. The third-order valence-corrected chi connectivity index (χ3v) is 7.25. The molecule has 1 aromatic heterocycles. The number of piperazine rings is 1. The summed E-state index contributed by atoms with van der Waals surface area (Å²) in [5.74, 6) is 0.0565. The van der Waals surface area contributed by atoms with Crippen LogP contribution in [0.3, 0.4) is 0 Å². The van der Waals surface area contributed by atoms with Crippen molar-refractivity contribution in [1.82, 2.24) is 9.80 Å². The standard InChI is InChI=1S/C23H31N3OS/c1-2-17-7-9-18(10-8-17)22(27)21-19(16-28-23(21)24)15-25-11-13-26(14-12-25)20-5-3-4-6-20/h7-10,16,20H,2-6,11-15,24H2,1H3. The van der Waals surface area contributed by atoms with Crippen molar-refractivity contribution in [2.24, 2.45) is 0 Å². The van der Waals surface area contributed by atoms with Crippen molar-refractivity contribution in [3.63, 3.8) is 0 Å². The number of aryl methyl sites for hydroxylation is 1. The molecule has 2 heterocycles. The minimum Gasteiger partial charge on any atom is -0.390 e. The molecule has 0 spiro atoms. The Balaban J connectivity index is 1.42. The van der Waals surface area contributed by atoms with E-state index in [4.69, 9.17) is 5.73 Å². The molecule has 5 heteroatoms. The molecule has 1 saturated carbocycles. The molecule has 0 bridgehead atoms. The minimum atomic E-state index is 0.0565. The van der Waals surface area contributed by atoms with E-state index >= 15 is 0 Å². The Kier molecular flexibility index (Phi) is 6.14. The molecule has 0 atom stereocenters. The molecule has 2 aliphatic rings. The van der Waals surface area contributed by atoms with Crippen LogP contribution in [0.5, 0.6) is 0 Å². The molecule has 1 aliphatic carbocycles. The summed E-state index contributed by atoms with van der Waals surface area (Å²) in [6.45, 7) is 7.38. The first-order valence-electron chi connectivity index (χ1n) is 10.6. The molecule has 1 aromatic carbocycles. The first-order chi connectivity index (χ1) is 13.7. The highest BCUT2D eigenvalue weighted by molar-refractivity contribution is 7.14. The van der Waals surface area contributed by atoms with Crippen molar-refractivity contribution < 1.29 is 4.79 Å². The van der Waals surface area contributed by atoms with Crippen LogP contribution >= 0.6 is 11.3 Å². The molecule has 28 heavy (non-hydrogen) atoms. The molecule has 1 saturated heterocycles.